The van der Waals surface area contributed by atoms with E-state index >= 15 is 0 Å². The van der Waals surface area contributed by atoms with Gasteiger partial charge in [-0.3, -0.25) is 4.79 Å². The lowest BCUT2D eigenvalue weighted by molar-refractivity contribution is -0.309. The molecule has 0 aromatic carbocycles. The molecule has 3 amide bonds. The number of carboxylic acids is 1. The molecule has 0 unspecified atom stereocenters. The number of hydrogen-bond donors (Lipinski definition) is 1. The Bertz CT molecular complexity index is 1960. The highest BCUT2D eigenvalue weighted by Crippen LogP contribution is 2.47. The molecule has 1 saturated carbocycles. The van der Waals surface area contributed by atoms with Crippen molar-refractivity contribution in [3.05, 3.63) is 48.6 Å². The van der Waals surface area contributed by atoms with Crippen molar-refractivity contribution in [1.29, 1.82) is 0 Å². The van der Waals surface area contributed by atoms with Crippen LogP contribution in [-0.4, -0.2) is 139 Å². The van der Waals surface area contributed by atoms with Crippen LogP contribution in [0.2, 0.25) is 0 Å². The molecule has 0 radical (unpaired) electrons. The zero-order chi connectivity index (χ0) is 50.4. The summed E-state index contributed by atoms with van der Waals surface area (Å²) in [6, 6.07) is 2.61. The molecular weight excluding hydrogens is 958 g/mol. The number of nitrogens with zero attached hydrogens (tertiary/aromatic N) is 7. The lowest BCUT2D eigenvalue weighted by Crippen LogP contribution is -2.58. The number of carboxylic acid groups (broad SMARTS) is 1. The molecule has 5 heterocycles. The van der Waals surface area contributed by atoms with E-state index in [-0.39, 0.29) is 57.4 Å². The number of amides is 3. The van der Waals surface area contributed by atoms with E-state index in [9.17, 15) is 89.4 Å². The smallest absolute Gasteiger partial charge is 0.434 e. The van der Waals surface area contributed by atoms with Crippen LogP contribution in [0.4, 0.5) is 79.8 Å². The Morgan fingerprint density at radius 2 is 0.866 bits per heavy atom. The Hall–Kier alpha value is -5.48. The van der Waals surface area contributed by atoms with Crippen molar-refractivity contribution < 1.29 is 104 Å². The number of hydrogen-bond acceptors (Lipinski definition) is 10. The zero-order valence-electron chi connectivity index (χ0n) is 34.3. The third kappa shape index (κ3) is 13.4. The maximum absolute atomic E-state index is 14.7. The number of likely N-dealkylation sites (tertiary alicyclic amines) is 3. The van der Waals surface area contributed by atoms with Gasteiger partial charge in [-0.25, -0.2) is 34.3 Å². The van der Waals surface area contributed by atoms with Crippen LogP contribution in [-0.2, 0) is 30.9 Å². The first-order valence-electron chi connectivity index (χ1n) is 19.8. The van der Waals surface area contributed by atoms with Gasteiger partial charge >= 0.3 is 60.6 Å². The molecule has 0 bridgehead atoms. The van der Waals surface area contributed by atoms with Gasteiger partial charge in [0.25, 0.3) is 12.2 Å². The Balaban J connectivity index is 0.000000246. The van der Waals surface area contributed by atoms with Gasteiger partial charge in [-0.05, 0) is 68.9 Å². The molecule has 2 spiro atoms. The monoisotopic (exact) mass is 997 g/mol. The third-order valence-corrected chi connectivity index (χ3v) is 11.4. The van der Waals surface area contributed by atoms with Gasteiger partial charge in [0.15, 0.2) is 0 Å². The van der Waals surface area contributed by atoms with Crippen LogP contribution in [0, 0.1) is 5.41 Å². The van der Waals surface area contributed by atoms with Crippen molar-refractivity contribution in [2.24, 2.45) is 5.41 Å². The molecule has 376 valence electrons. The summed E-state index contributed by atoms with van der Waals surface area (Å²) in [5, 5.41) is 8.06. The fourth-order valence-corrected chi connectivity index (χ4v) is 7.94. The van der Waals surface area contributed by atoms with Crippen molar-refractivity contribution in [2.45, 2.75) is 119 Å². The van der Waals surface area contributed by atoms with Crippen LogP contribution in [0.1, 0.15) is 75.9 Å². The molecule has 4 aliphatic rings. The topological polar surface area (TPSA) is 168 Å². The third-order valence-electron chi connectivity index (χ3n) is 11.4. The number of halogens is 16. The molecule has 3 saturated heterocycles. The highest BCUT2D eigenvalue weighted by Gasteiger charge is 2.62. The lowest BCUT2D eigenvalue weighted by atomic mass is 9.77. The summed E-state index contributed by atoms with van der Waals surface area (Å²) >= 11 is 0. The maximum Gasteiger partial charge on any atom is 0.434 e. The van der Waals surface area contributed by atoms with Gasteiger partial charge in [0, 0.05) is 63.1 Å². The number of aliphatic carboxylic acids is 1. The second-order valence-electron chi connectivity index (χ2n) is 15.8. The first-order chi connectivity index (χ1) is 30.8. The van der Waals surface area contributed by atoms with E-state index < -0.39 is 90.0 Å². The van der Waals surface area contributed by atoms with E-state index in [1.54, 1.807) is 0 Å². The minimum Gasteiger partial charge on any atom is -0.476 e. The number of piperidine rings is 2. The van der Waals surface area contributed by atoms with Crippen molar-refractivity contribution in [1.82, 2.24) is 34.6 Å². The van der Waals surface area contributed by atoms with Crippen LogP contribution in [0.3, 0.4) is 0 Å². The Kier molecular flexibility index (Phi) is 16.5. The minimum absolute atomic E-state index is 0.0318. The summed E-state index contributed by atoms with van der Waals surface area (Å²) < 4.78 is 212. The summed E-state index contributed by atoms with van der Waals surface area (Å²) in [7, 11) is 0. The standard InChI is InChI=1S/C18H18F8N4O3.C13H17F6NO2.C6H4F2N2O2/c19-16(20,12-27-6-2-7-28-12)13(31)30-8-1-3-15(30)4-9-29(10-5-15)14(32)33-11(17(21,22)23)18(24,25)26;14-12(15,16)9(13(17,18)19)22-10(21)20-7-5-11(6-8-20)3-1-2-4-11;7-6(8,5(11)12)4-9-2-1-3-10-4/h2,6-7,11H,1,3-5,8-10H2;9H,1-8H2;1-3H,(H,11,12). The van der Waals surface area contributed by atoms with Crippen LogP contribution in [0.15, 0.2) is 36.9 Å². The second kappa shape index (κ2) is 20.4. The van der Waals surface area contributed by atoms with Crippen molar-refractivity contribution in [3.63, 3.8) is 0 Å². The molecule has 67 heavy (non-hydrogen) atoms. The minimum atomic E-state index is -5.86. The average molecular weight is 998 g/mol. The highest BCUT2D eigenvalue weighted by atomic mass is 19.4. The van der Waals surface area contributed by atoms with E-state index in [0.717, 1.165) is 60.3 Å². The summed E-state index contributed by atoms with van der Waals surface area (Å²) in [6.07, 6.45) is -24.8. The molecule has 2 aromatic rings. The lowest BCUT2D eigenvalue weighted by Gasteiger charge is -2.45. The number of carbonyl (C=O) groups excluding carboxylic acids is 3. The van der Waals surface area contributed by atoms with Crippen molar-refractivity contribution >= 4 is 24.1 Å². The van der Waals surface area contributed by atoms with Crippen molar-refractivity contribution in [3.8, 4) is 0 Å². The van der Waals surface area contributed by atoms with E-state index in [0.29, 0.717) is 24.2 Å². The molecule has 2 aromatic heterocycles. The van der Waals surface area contributed by atoms with Gasteiger partial charge in [-0.1, -0.05) is 12.8 Å². The van der Waals surface area contributed by atoms with Crippen LogP contribution in [0.25, 0.3) is 0 Å². The highest BCUT2D eigenvalue weighted by molar-refractivity contribution is 5.85. The normalized spacial score (nSPS) is 18.9. The Morgan fingerprint density at radius 1 is 0.507 bits per heavy atom. The SMILES string of the molecule is O=C(O)C(F)(F)c1ncccn1.O=C(OC(C(F)(F)F)C(F)(F)F)N1CCC2(CCCC2)CC1.O=C(OC(C(F)(F)F)C(F)(F)F)N1CCC2(CCCN2C(=O)C(F)(F)c2ncccn2)CC1. The molecule has 6 rings (SSSR count). The quantitative estimate of drug-likeness (QED) is 0.275. The van der Waals surface area contributed by atoms with E-state index in [4.69, 9.17) is 5.11 Å². The molecule has 1 N–H and O–H groups in total. The van der Waals surface area contributed by atoms with Crippen molar-refractivity contribution in [2.75, 3.05) is 32.7 Å². The van der Waals surface area contributed by atoms with Gasteiger partial charge in [-0.15, -0.1) is 0 Å². The number of carbonyl (C=O) groups is 4. The van der Waals surface area contributed by atoms with E-state index in [1.165, 1.54) is 12.1 Å². The van der Waals surface area contributed by atoms with Gasteiger partial charge in [0.1, 0.15) is 0 Å². The predicted octanol–water partition coefficient (Wildman–Crippen LogP) is 8.58. The molecule has 14 nitrogen and oxygen atoms in total. The number of aromatic nitrogens is 4. The Labute approximate surface area is 368 Å². The fourth-order valence-electron chi connectivity index (χ4n) is 7.94. The van der Waals surface area contributed by atoms with E-state index in [2.05, 4.69) is 29.4 Å². The molecule has 30 heteroatoms. The predicted molar refractivity (Wildman–Crippen MR) is 190 cm³/mol. The molecule has 4 fully saturated rings. The largest absolute Gasteiger partial charge is 0.476 e. The maximum atomic E-state index is 14.7. The summed E-state index contributed by atoms with van der Waals surface area (Å²) in [5.74, 6) is -13.9. The van der Waals surface area contributed by atoms with Gasteiger partial charge < -0.3 is 29.3 Å². The summed E-state index contributed by atoms with van der Waals surface area (Å²) in [6.45, 7) is -0.505. The molecular formula is C37H39F16N7O7. The first kappa shape index (κ1) is 54.1. The number of rotatable bonds is 6. The van der Waals surface area contributed by atoms with Crippen LogP contribution < -0.4 is 0 Å². The van der Waals surface area contributed by atoms with Crippen LogP contribution in [0.5, 0.6) is 0 Å². The molecule has 1 aliphatic carbocycles. The molecule has 0 atom stereocenters. The second-order valence-corrected chi connectivity index (χ2v) is 15.8. The zero-order valence-corrected chi connectivity index (χ0v) is 34.3. The van der Waals surface area contributed by atoms with Crippen LogP contribution >= 0.6 is 0 Å². The number of ether oxygens (including phenoxy) is 2. The van der Waals surface area contributed by atoms with Gasteiger partial charge in [0.05, 0.1) is 0 Å². The Morgan fingerprint density at radius 3 is 1.22 bits per heavy atom. The average Bonchev–Trinajstić information content (AvgIpc) is 3.88. The van der Waals surface area contributed by atoms with E-state index in [1.807, 2.05) is 0 Å². The summed E-state index contributed by atoms with van der Waals surface area (Å²) in [4.78, 5) is 61.8. The first-order valence-corrected chi connectivity index (χ1v) is 19.8. The molecule has 3 aliphatic heterocycles. The van der Waals surface area contributed by atoms with Gasteiger partial charge in [0.2, 0.25) is 11.6 Å². The number of alkyl halides is 16. The summed E-state index contributed by atoms with van der Waals surface area (Å²) in [5.41, 5.74) is -1.02. The fraction of sp³-hybridized carbons (Fsp3) is 0.676. The van der Waals surface area contributed by atoms with Gasteiger partial charge in [-0.2, -0.15) is 70.2 Å².